The van der Waals surface area contributed by atoms with Crippen molar-refractivity contribution in [2.75, 3.05) is 5.32 Å². The minimum Gasteiger partial charge on any atom is -0.444 e. The molecule has 7 nitrogen and oxygen atoms in total. The molecule has 3 rings (SSSR count). The van der Waals surface area contributed by atoms with Crippen LogP contribution in [0.2, 0.25) is 0 Å². The number of carbonyl (C=O) groups is 1. The van der Waals surface area contributed by atoms with Gasteiger partial charge in [-0.15, -0.1) is 0 Å². The summed E-state index contributed by atoms with van der Waals surface area (Å²) >= 11 is 0. The van der Waals surface area contributed by atoms with Crippen molar-refractivity contribution in [3.05, 3.63) is 34.8 Å². The third-order valence-corrected chi connectivity index (χ3v) is 4.24. The van der Waals surface area contributed by atoms with Crippen molar-refractivity contribution in [3.63, 3.8) is 0 Å². The lowest BCUT2D eigenvalue weighted by atomic mass is 9.90. The molecule has 0 bridgehead atoms. The molecule has 0 saturated carbocycles. The number of nitrogens with zero attached hydrogens (tertiary/aromatic N) is 3. The highest BCUT2D eigenvalue weighted by molar-refractivity contribution is 5.94. The van der Waals surface area contributed by atoms with Gasteiger partial charge in [0.25, 0.3) is 5.69 Å². The Hall–Kier alpha value is -2.59. The number of hydrogen-bond acceptors (Lipinski definition) is 4. The molecular formula is C18H22N4O3. The highest BCUT2D eigenvalue weighted by Gasteiger charge is 2.39. The van der Waals surface area contributed by atoms with E-state index in [0.29, 0.717) is 11.9 Å². The number of rotatable bonds is 1. The van der Waals surface area contributed by atoms with Crippen LogP contribution in [-0.2, 0) is 10.2 Å². The summed E-state index contributed by atoms with van der Waals surface area (Å²) in [5, 5.41) is 17.3. The Morgan fingerprint density at radius 2 is 2.16 bits per heavy atom. The third kappa shape index (κ3) is 2.94. The second-order valence-electron chi connectivity index (χ2n) is 7.97. The van der Waals surface area contributed by atoms with Gasteiger partial charge in [-0.1, -0.05) is 19.9 Å². The Morgan fingerprint density at radius 3 is 2.76 bits per heavy atom. The van der Waals surface area contributed by atoms with Crippen molar-refractivity contribution in [1.82, 2.24) is 9.61 Å². The average molecular weight is 342 g/mol. The van der Waals surface area contributed by atoms with Gasteiger partial charge in [0, 0.05) is 11.0 Å². The zero-order valence-corrected chi connectivity index (χ0v) is 15.0. The number of amides is 1. The van der Waals surface area contributed by atoms with Crippen molar-refractivity contribution in [1.29, 1.82) is 0 Å². The van der Waals surface area contributed by atoms with Crippen LogP contribution in [0.1, 0.15) is 58.4 Å². The van der Waals surface area contributed by atoms with Crippen LogP contribution in [0.3, 0.4) is 0 Å². The molecule has 1 aliphatic rings. The molecular weight excluding hydrogens is 320 g/mol. The van der Waals surface area contributed by atoms with E-state index in [4.69, 9.17) is 11.3 Å². The van der Waals surface area contributed by atoms with Gasteiger partial charge in [-0.05, 0) is 33.3 Å². The molecule has 1 unspecified atom stereocenters. The van der Waals surface area contributed by atoms with Crippen LogP contribution in [0.4, 0.5) is 16.3 Å². The van der Waals surface area contributed by atoms with Gasteiger partial charge in [-0.3, -0.25) is 5.32 Å². The predicted molar refractivity (Wildman–Crippen MR) is 93.9 cm³/mol. The van der Waals surface area contributed by atoms with E-state index in [0.717, 1.165) is 11.3 Å². The highest BCUT2D eigenvalue weighted by Crippen LogP contribution is 2.46. The number of fused-ring (bicyclic) bond motifs is 3. The Balaban J connectivity index is 2.11. The molecule has 2 aromatic rings. The highest BCUT2D eigenvalue weighted by atomic mass is 16.6. The van der Waals surface area contributed by atoms with Crippen LogP contribution < -0.4 is 5.32 Å². The van der Waals surface area contributed by atoms with Crippen LogP contribution in [0.15, 0.2) is 12.1 Å². The summed E-state index contributed by atoms with van der Waals surface area (Å²) in [6, 6.07) is 3.59. The van der Waals surface area contributed by atoms with Crippen LogP contribution >= 0.6 is 0 Å². The minimum absolute atomic E-state index is 0.162. The Bertz CT molecular complexity index is 900. The lowest BCUT2D eigenvalue weighted by molar-refractivity contribution is 0.0635. The molecule has 1 aliphatic carbocycles. The molecule has 0 fully saturated rings. The Morgan fingerprint density at radius 1 is 1.48 bits per heavy atom. The van der Waals surface area contributed by atoms with Crippen LogP contribution in [0.5, 0.6) is 0 Å². The summed E-state index contributed by atoms with van der Waals surface area (Å²) in [4.78, 5) is 15.6. The molecule has 0 aliphatic heterocycles. The monoisotopic (exact) mass is 342 g/mol. The number of aliphatic hydroxyl groups excluding tert-OH is 1. The van der Waals surface area contributed by atoms with Gasteiger partial charge < -0.3 is 9.84 Å². The molecule has 0 saturated heterocycles. The molecule has 0 aromatic carbocycles. The number of anilines is 1. The molecule has 2 heterocycles. The molecule has 1 amide bonds. The summed E-state index contributed by atoms with van der Waals surface area (Å²) < 4.78 is 6.90. The second kappa shape index (κ2) is 5.46. The molecule has 132 valence electrons. The minimum atomic E-state index is -0.656. The normalized spacial score (nSPS) is 18.7. The second-order valence-corrected chi connectivity index (χ2v) is 7.97. The molecule has 7 heteroatoms. The first kappa shape index (κ1) is 17.2. The summed E-state index contributed by atoms with van der Waals surface area (Å²) in [5.41, 5.74) is 1.59. The Kier molecular flexibility index (Phi) is 3.77. The molecule has 2 N–H and O–H groups in total. The fourth-order valence-electron chi connectivity index (χ4n) is 3.34. The molecule has 25 heavy (non-hydrogen) atoms. The first-order chi connectivity index (χ1) is 11.5. The number of pyridine rings is 1. The fourth-order valence-corrected chi connectivity index (χ4v) is 3.34. The van der Waals surface area contributed by atoms with Crippen LogP contribution in [0.25, 0.3) is 10.4 Å². The first-order valence-corrected chi connectivity index (χ1v) is 8.15. The SMILES string of the molecule is [C-]#[N+]c1c(NC(=O)OC(C)(C)C)nn2c3c(ccc12)C(O)CC3(C)C. The lowest BCUT2D eigenvalue weighted by Crippen LogP contribution is -2.27. The fraction of sp³-hybridized carbons (Fsp3) is 0.500. The number of nitrogens with one attached hydrogen (secondary N) is 1. The number of ether oxygens (including phenoxy) is 1. The smallest absolute Gasteiger partial charge is 0.412 e. The van der Waals surface area contributed by atoms with E-state index >= 15 is 0 Å². The summed E-state index contributed by atoms with van der Waals surface area (Å²) in [5.74, 6) is 0.162. The summed E-state index contributed by atoms with van der Waals surface area (Å²) in [6.45, 7) is 16.8. The van der Waals surface area contributed by atoms with Gasteiger partial charge in [0.05, 0.1) is 23.9 Å². The summed E-state index contributed by atoms with van der Waals surface area (Å²) in [7, 11) is 0. The van der Waals surface area contributed by atoms with E-state index in [1.165, 1.54) is 0 Å². The quantitative estimate of drug-likeness (QED) is 0.769. The number of aliphatic hydroxyl groups is 1. The van der Waals surface area contributed by atoms with E-state index in [1.54, 1.807) is 31.4 Å². The van der Waals surface area contributed by atoms with Crippen LogP contribution in [-0.4, -0.2) is 26.4 Å². The number of aromatic nitrogens is 2. The largest absolute Gasteiger partial charge is 0.444 e. The number of carbonyl (C=O) groups excluding carboxylic acids is 1. The molecule has 0 spiro atoms. The van der Waals surface area contributed by atoms with E-state index < -0.39 is 17.8 Å². The summed E-state index contributed by atoms with van der Waals surface area (Å²) in [6.07, 6.45) is -0.627. The van der Waals surface area contributed by atoms with E-state index in [9.17, 15) is 9.90 Å². The van der Waals surface area contributed by atoms with Gasteiger partial charge in [0.2, 0.25) is 0 Å². The zero-order valence-electron chi connectivity index (χ0n) is 15.0. The standard InChI is InChI=1S/C18H22N4O3/c1-17(2,3)25-16(24)20-15-13(19-6)11-8-7-10-12(23)9-18(4,5)14(10)22(11)21-15/h7-8,12,23H,9H2,1-5H3,(H,20,21,24). The lowest BCUT2D eigenvalue weighted by Gasteiger charge is -2.19. The van der Waals surface area contributed by atoms with Gasteiger partial charge in [0.15, 0.2) is 5.82 Å². The van der Waals surface area contributed by atoms with Crippen LogP contribution in [0, 0.1) is 6.57 Å². The maximum atomic E-state index is 12.1. The topological polar surface area (TPSA) is 80.2 Å². The van der Waals surface area contributed by atoms with Crippen molar-refractivity contribution in [2.45, 2.75) is 58.2 Å². The predicted octanol–water partition coefficient (Wildman–Crippen LogP) is 3.95. The van der Waals surface area contributed by atoms with Crippen molar-refractivity contribution in [2.24, 2.45) is 0 Å². The number of hydrogen-bond donors (Lipinski definition) is 2. The molecule has 2 aromatic heterocycles. The average Bonchev–Trinajstić information content (AvgIpc) is 2.90. The van der Waals surface area contributed by atoms with Crippen molar-refractivity contribution >= 4 is 23.1 Å². The van der Waals surface area contributed by atoms with Gasteiger partial charge in [0.1, 0.15) is 5.60 Å². The van der Waals surface area contributed by atoms with Gasteiger partial charge in [-0.25, -0.2) is 14.2 Å². The first-order valence-electron chi connectivity index (χ1n) is 8.15. The van der Waals surface area contributed by atoms with E-state index in [1.807, 2.05) is 19.9 Å². The van der Waals surface area contributed by atoms with Gasteiger partial charge in [-0.2, -0.15) is 5.10 Å². The molecule has 1 atom stereocenters. The maximum Gasteiger partial charge on any atom is 0.412 e. The van der Waals surface area contributed by atoms with Crippen molar-refractivity contribution < 1.29 is 14.6 Å². The van der Waals surface area contributed by atoms with Crippen molar-refractivity contribution in [3.8, 4) is 0 Å². The molecule has 0 radical (unpaired) electrons. The third-order valence-electron chi connectivity index (χ3n) is 4.24. The maximum absolute atomic E-state index is 12.1. The Labute approximate surface area is 146 Å². The van der Waals surface area contributed by atoms with E-state index in [2.05, 4.69) is 15.3 Å². The zero-order chi connectivity index (χ0) is 18.6. The van der Waals surface area contributed by atoms with Gasteiger partial charge >= 0.3 is 6.09 Å². The van der Waals surface area contributed by atoms with E-state index in [-0.39, 0.29) is 16.9 Å².